The van der Waals surface area contributed by atoms with Crippen LogP contribution in [-0.4, -0.2) is 22.2 Å². The SMILES string of the molecule is Cc1ncsc1CNC(C)CC(C)O. The lowest BCUT2D eigenvalue weighted by molar-refractivity contribution is 0.170. The molecule has 0 radical (unpaired) electrons. The molecule has 2 atom stereocenters. The third-order valence-electron chi connectivity index (χ3n) is 2.15. The molecule has 0 saturated carbocycles. The molecule has 0 aromatic carbocycles. The van der Waals surface area contributed by atoms with E-state index in [0.717, 1.165) is 18.7 Å². The fraction of sp³-hybridized carbons (Fsp3) is 0.700. The molecule has 80 valence electrons. The molecule has 0 fully saturated rings. The summed E-state index contributed by atoms with van der Waals surface area (Å²) in [4.78, 5) is 5.46. The molecule has 2 N–H and O–H groups in total. The summed E-state index contributed by atoms with van der Waals surface area (Å²) in [5.74, 6) is 0. The summed E-state index contributed by atoms with van der Waals surface area (Å²) in [7, 11) is 0. The number of nitrogens with zero attached hydrogens (tertiary/aromatic N) is 1. The minimum absolute atomic E-state index is 0.236. The second-order valence-corrected chi connectivity index (χ2v) is 4.67. The number of rotatable bonds is 5. The van der Waals surface area contributed by atoms with Crippen LogP contribution in [0.5, 0.6) is 0 Å². The molecule has 1 rings (SSSR count). The fourth-order valence-electron chi connectivity index (χ4n) is 1.36. The van der Waals surface area contributed by atoms with Gasteiger partial charge < -0.3 is 10.4 Å². The molecule has 0 amide bonds. The highest BCUT2D eigenvalue weighted by Crippen LogP contribution is 2.11. The van der Waals surface area contributed by atoms with Crippen LogP contribution in [0.3, 0.4) is 0 Å². The Morgan fingerprint density at radius 1 is 1.57 bits per heavy atom. The van der Waals surface area contributed by atoms with Gasteiger partial charge in [-0.25, -0.2) is 4.98 Å². The maximum Gasteiger partial charge on any atom is 0.0798 e. The summed E-state index contributed by atoms with van der Waals surface area (Å²) in [6, 6.07) is 0.344. The van der Waals surface area contributed by atoms with E-state index in [1.807, 2.05) is 19.4 Å². The number of aliphatic hydroxyl groups excluding tert-OH is 1. The van der Waals surface area contributed by atoms with E-state index in [4.69, 9.17) is 0 Å². The summed E-state index contributed by atoms with van der Waals surface area (Å²) in [6.45, 7) is 6.77. The van der Waals surface area contributed by atoms with Crippen LogP contribution < -0.4 is 5.32 Å². The largest absolute Gasteiger partial charge is 0.393 e. The van der Waals surface area contributed by atoms with Crippen molar-refractivity contribution in [3.63, 3.8) is 0 Å². The van der Waals surface area contributed by atoms with E-state index >= 15 is 0 Å². The maximum absolute atomic E-state index is 9.18. The van der Waals surface area contributed by atoms with Crippen molar-refractivity contribution in [2.24, 2.45) is 0 Å². The van der Waals surface area contributed by atoms with Crippen LogP contribution in [-0.2, 0) is 6.54 Å². The number of thiazole rings is 1. The van der Waals surface area contributed by atoms with Crippen LogP contribution in [0.2, 0.25) is 0 Å². The Kier molecular flexibility index (Phi) is 4.51. The number of hydrogen-bond acceptors (Lipinski definition) is 4. The quantitative estimate of drug-likeness (QED) is 0.784. The average molecular weight is 214 g/mol. The van der Waals surface area contributed by atoms with Crippen LogP contribution >= 0.6 is 11.3 Å². The molecule has 0 saturated heterocycles. The zero-order valence-electron chi connectivity index (χ0n) is 8.95. The topological polar surface area (TPSA) is 45.2 Å². The molecule has 4 heteroatoms. The van der Waals surface area contributed by atoms with E-state index in [1.165, 1.54) is 4.88 Å². The van der Waals surface area contributed by atoms with Crippen molar-refractivity contribution in [2.75, 3.05) is 0 Å². The molecule has 1 aromatic rings. The van der Waals surface area contributed by atoms with Gasteiger partial charge in [0.05, 0.1) is 17.3 Å². The zero-order chi connectivity index (χ0) is 10.6. The van der Waals surface area contributed by atoms with Crippen LogP contribution in [0, 0.1) is 6.92 Å². The van der Waals surface area contributed by atoms with Gasteiger partial charge in [-0.1, -0.05) is 0 Å². The molecule has 1 aromatic heterocycles. The molecular weight excluding hydrogens is 196 g/mol. The van der Waals surface area contributed by atoms with Crippen molar-refractivity contribution < 1.29 is 5.11 Å². The van der Waals surface area contributed by atoms with Gasteiger partial charge in [-0.3, -0.25) is 0 Å². The predicted molar refractivity (Wildman–Crippen MR) is 59.5 cm³/mol. The van der Waals surface area contributed by atoms with E-state index in [-0.39, 0.29) is 6.10 Å². The maximum atomic E-state index is 9.18. The molecule has 1 heterocycles. The molecular formula is C10H18N2OS. The monoisotopic (exact) mass is 214 g/mol. The van der Waals surface area contributed by atoms with Gasteiger partial charge in [-0.2, -0.15) is 0 Å². The molecule has 0 aliphatic carbocycles. The summed E-state index contributed by atoms with van der Waals surface area (Å²) < 4.78 is 0. The molecule has 3 nitrogen and oxygen atoms in total. The standard InChI is InChI=1S/C10H18N2OS/c1-7(4-8(2)13)11-5-10-9(3)12-6-14-10/h6-8,11,13H,4-5H2,1-3H3. The molecule has 0 bridgehead atoms. The Morgan fingerprint density at radius 2 is 2.29 bits per heavy atom. The highest BCUT2D eigenvalue weighted by atomic mass is 32.1. The Labute approximate surface area is 89.2 Å². The van der Waals surface area contributed by atoms with E-state index in [9.17, 15) is 5.11 Å². The van der Waals surface area contributed by atoms with Gasteiger partial charge in [-0.15, -0.1) is 11.3 Å². The first kappa shape index (κ1) is 11.6. The van der Waals surface area contributed by atoms with Gasteiger partial charge in [0.1, 0.15) is 0 Å². The Morgan fingerprint density at radius 3 is 2.79 bits per heavy atom. The van der Waals surface area contributed by atoms with Crippen molar-refractivity contribution in [2.45, 2.75) is 45.9 Å². The minimum atomic E-state index is -0.236. The first-order valence-corrected chi connectivity index (χ1v) is 5.78. The van der Waals surface area contributed by atoms with Crippen LogP contribution in [0.25, 0.3) is 0 Å². The Balaban J connectivity index is 2.30. The Hall–Kier alpha value is -0.450. The molecule has 2 unspecified atom stereocenters. The van der Waals surface area contributed by atoms with Crippen LogP contribution in [0.15, 0.2) is 5.51 Å². The number of aryl methyl sites for hydroxylation is 1. The summed E-state index contributed by atoms with van der Waals surface area (Å²) >= 11 is 1.67. The van der Waals surface area contributed by atoms with Crippen molar-refractivity contribution in [3.05, 3.63) is 16.1 Å². The molecule has 0 aliphatic rings. The first-order valence-electron chi connectivity index (χ1n) is 4.90. The lowest BCUT2D eigenvalue weighted by Gasteiger charge is -2.14. The van der Waals surface area contributed by atoms with E-state index < -0.39 is 0 Å². The van der Waals surface area contributed by atoms with Crippen molar-refractivity contribution >= 4 is 11.3 Å². The number of hydrogen-bond donors (Lipinski definition) is 2. The highest BCUT2D eigenvalue weighted by Gasteiger charge is 2.07. The zero-order valence-corrected chi connectivity index (χ0v) is 9.77. The normalized spacial score (nSPS) is 15.4. The van der Waals surface area contributed by atoms with Gasteiger partial charge in [0.25, 0.3) is 0 Å². The highest BCUT2D eigenvalue weighted by molar-refractivity contribution is 7.09. The minimum Gasteiger partial charge on any atom is -0.393 e. The van der Waals surface area contributed by atoms with Crippen LogP contribution in [0.1, 0.15) is 30.8 Å². The van der Waals surface area contributed by atoms with Gasteiger partial charge in [0.15, 0.2) is 0 Å². The summed E-state index contributed by atoms with van der Waals surface area (Å²) in [5.41, 5.74) is 2.97. The smallest absolute Gasteiger partial charge is 0.0798 e. The summed E-state index contributed by atoms with van der Waals surface area (Å²) in [6.07, 6.45) is 0.553. The fourth-order valence-corrected chi connectivity index (χ4v) is 2.09. The summed E-state index contributed by atoms with van der Waals surface area (Å²) in [5, 5.41) is 12.6. The third kappa shape index (κ3) is 3.74. The van der Waals surface area contributed by atoms with Gasteiger partial charge >= 0.3 is 0 Å². The molecule has 0 aliphatic heterocycles. The number of aliphatic hydroxyl groups is 1. The second-order valence-electron chi connectivity index (χ2n) is 3.73. The van der Waals surface area contributed by atoms with E-state index in [2.05, 4.69) is 17.2 Å². The second kappa shape index (κ2) is 5.44. The van der Waals surface area contributed by atoms with Gasteiger partial charge in [-0.05, 0) is 27.2 Å². The predicted octanol–water partition coefficient (Wildman–Crippen LogP) is 1.70. The average Bonchev–Trinajstić information content (AvgIpc) is 2.46. The van der Waals surface area contributed by atoms with Gasteiger partial charge in [0, 0.05) is 17.5 Å². The first-order chi connectivity index (χ1) is 6.59. The Bertz CT molecular complexity index is 273. The van der Waals surface area contributed by atoms with Crippen LogP contribution in [0.4, 0.5) is 0 Å². The molecule has 14 heavy (non-hydrogen) atoms. The van der Waals surface area contributed by atoms with Crippen molar-refractivity contribution in [1.29, 1.82) is 0 Å². The van der Waals surface area contributed by atoms with Crippen molar-refractivity contribution in [3.8, 4) is 0 Å². The third-order valence-corrected chi connectivity index (χ3v) is 3.09. The van der Waals surface area contributed by atoms with Gasteiger partial charge in [0.2, 0.25) is 0 Å². The van der Waals surface area contributed by atoms with E-state index in [0.29, 0.717) is 6.04 Å². The molecule has 0 spiro atoms. The lowest BCUT2D eigenvalue weighted by atomic mass is 10.1. The van der Waals surface area contributed by atoms with E-state index in [1.54, 1.807) is 11.3 Å². The lowest BCUT2D eigenvalue weighted by Crippen LogP contribution is -2.28. The number of nitrogens with one attached hydrogen (secondary N) is 1. The number of aromatic nitrogens is 1. The van der Waals surface area contributed by atoms with Crippen molar-refractivity contribution in [1.82, 2.24) is 10.3 Å².